The summed E-state index contributed by atoms with van der Waals surface area (Å²) in [6.07, 6.45) is 7.07. The fraction of sp³-hybridized carbons (Fsp3) is 0.227. The fourth-order valence-electron chi connectivity index (χ4n) is 3.45. The van der Waals surface area contributed by atoms with E-state index in [2.05, 4.69) is 25.8 Å². The molecule has 0 saturated carbocycles. The van der Waals surface area contributed by atoms with Crippen molar-refractivity contribution in [3.05, 3.63) is 58.3 Å². The van der Waals surface area contributed by atoms with Crippen LogP contribution in [0.3, 0.4) is 0 Å². The van der Waals surface area contributed by atoms with Crippen LogP contribution in [0.15, 0.2) is 52.2 Å². The highest BCUT2D eigenvalue weighted by Gasteiger charge is 2.52. The van der Waals surface area contributed by atoms with E-state index in [1.54, 1.807) is 12.4 Å². The minimum atomic E-state index is -1.11. The average Bonchev–Trinajstić information content (AvgIpc) is 3.36. The first-order chi connectivity index (χ1) is 17.9. The standard InChI is InChI=1S/C22H20N6O6S3/c1-34-27-16(14-9-36-22(25-14)24-11-29)18(30)26-17-19(31)28-8-13(21(32)33)15(37-20(17)28)10-35-6-4-12-3-2-5-23-7-12/h2-9,11,15,17,20H,10H2,1H3,(H,26,30)(H,32,33)(H,24,25,29)/t15?,17?,20-/m1/s1. The first kappa shape index (κ1) is 26.4. The summed E-state index contributed by atoms with van der Waals surface area (Å²) in [7, 11) is 1.26. The molecule has 3 amide bonds. The Balaban J connectivity index is 1.44. The number of aliphatic carboxylic acids is 1. The van der Waals surface area contributed by atoms with E-state index in [4.69, 9.17) is 4.84 Å². The predicted molar refractivity (Wildman–Crippen MR) is 141 cm³/mol. The van der Waals surface area contributed by atoms with E-state index in [0.29, 0.717) is 12.2 Å². The Bertz CT molecular complexity index is 1280. The van der Waals surface area contributed by atoms with Gasteiger partial charge in [0.05, 0.1) is 5.57 Å². The lowest BCUT2D eigenvalue weighted by atomic mass is 10.1. The number of thiazole rings is 1. The van der Waals surface area contributed by atoms with Gasteiger partial charge in [-0.1, -0.05) is 11.2 Å². The molecule has 2 aromatic heterocycles. The van der Waals surface area contributed by atoms with Crippen LogP contribution in [-0.4, -0.2) is 79.4 Å². The van der Waals surface area contributed by atoms with E-state index < -0.39 is 34.4 Å². The summed E-state index contributed by atoms with van der Waals surface area (Å²) < 4.78 is 0. The van der Waals surface area contributed by atoms with Crippen LogP contribution in [0.25, 0.3) is 6.08 Å². The zero-order valence-electron chi connectivity index (χ0n) is 19.1. The number of thioether (sulfide) groups is 2. The highest BCUT2D eigenvalue weighted by Crippen LogP contribution is 2.42. The number of β-lactam (4-membered cyclic amide) rings is 1. The van der Waals surface area contributed by atoms with Crippen LogP contribution in [0.4, 0.5) is 5.13 Å². The van der Waals surface area contributed by atoms with Crippen LogP contribution in [0.5, 0.6) is 0 Å². The van der Waals surface area contributed by atoms with Crippen molar-refractivity contribution in [2.75, 3.05) is 18.2 Å². The largest absolute Gasteiger partial charge is 0.478 e. The molecule has 4 rings (SSSR count). The Morgan fingerprint density at radius 3 is 2.95 bits per heavy atom. The quantitative estimate of drug-likeness (QED) is 0.159. The number of hydrogen-bond acceptors (Lipinski definition) is 11. The molecule has 37 heavy (non-hydrogen) atoms. The van der Waals surface area contributed by atoms with Crippen molar-refractivity contribution in [1.29, 1.82) is 0 Å². The number of carboxylic acid groups (broad SMARTS) is 1. The lowest BCUT2D eigenvalue weighted by molar-refractivity contribution is -0.144. The van der Waals surface area contributed by atoms with Gasteiger partial charge in [0, 0.05) is 35.0 Å². The third-order valence-corrected chi connectivity index (χ3v) is 8.52. The molecule has 0 aliphatic carbocycles. The second-order valence-electron chi connectivity index (χ2n) is 7.45. The molecule has 2 unspecified atom stereocenters. The number of anilines is 1. The lowest BCUT2D eigenvalue weighted by Gasteiger charge is -2.48. The molecule has 3 atom stereocenters. The number of rotatable bonds is 11. The number of fused-ring (bicyclic) bond motifs is 1. The van der Waals surface area contributed by atoms with Crippen molar-refractivity contribution in [2.45, 2.75) is 16.7 Å². The molecule has 2 aliphatic rings. The van der Waals surface area contributed by atoms with E-state index in [9.17, 15) is 24.3 Å². The number of carbonyl (C=O) groups excluding carboxylic acids is 3. The highest BCUT2D eigenvalue weighted by molar-refractivity contribution is 8.05. The van der Waals surface area contributed by atoms with Gasteiger partial charge in [-0.2, -0.15) is 0 Å². The third kappa shape index (κ3) is 6.00. The van der Waals surface area contributed by atoms with Gasteiger partial charge in [0.25, 0.3) is 11.8 Å². The Morgan fingerprint density at radius 1 is 1.41 bits per heavy atom. The molecule has 2 aliphatic heterocycles. The maximum atomic E-state index is 13.0. The van der Waals surface area contributed by atoms with Crippen molar-refractivity contribution in [2.24, 2.45) is 5.16 Å². The average molecular weight is 561 g/mol. The van der Waals surface area contributed by atoms with E-state index in [-0.39, 0.29) is 22.1 Å². The van der Waals surface area contributed by atoms with Gasteiger partial charge in [-0.05, 0) is 23.1 Å². The minimum Gasteiger partial charge on any atom is -0.478 e. The number of nitrogens with zero attached hydrogens (tertiary/aromatic N) is 4. The molecule has 0 radical (unpaired) electrons. The van der Waals surface area contributed by atoms with Crippen molar-refractivity contribution >= 4 is 76.0 Å². The minimum absolute atomic E-state index is 0.112. The topological polar surface area (TPSA) is 163 Å². The van der Waals surface area contributed by atoms with Gasteiger partial charge in [0.2, 0.25) is 6.41 Å². The fourth-order valence-corrected chi connectivity index (χ4v) is 6.65. The van der Waals surface area contributed by atoms with Gasteiger partial charge in [0.15, 0.2) is 10.8 Å². The molecule has 3 N–H and O–H groups in total. The molecule has 4 heterocycles. The summed E-state index contributed by atoms with van der Waals surface area (Å²) in [5, 5.41) is 21.2. The number of carboxylic acids is 1. The van der Waals surface area contributed by atoms with Crippen molar-refractivity contribution in [1.82, 2.24) is 20.2 Å². The van der Waals surface area contributed by atoms with Crippen LogP contribution >= 0.6 is 34.9 Å². The zero-order chi connectivity index (χ0) is 26.4. The number of aromatic nitrogens is 2. The SMILES string of the molecule is CON=C(C(=O)NC1C(=O)N2C=C(C(=O)O)C(CSC=Cc3cccnc3)S[C@H]12)c1csc(NC=O)n1. The Morgan fingerprint density at radius 2 is 2.24 bits per heavy atom. The van der Waals surface area contributed by atoms with Crippen LogP contribution in [-0.2, 0) is 24.0 Å². The summed E-state index contributed by atoms with van der Waals surface area (Å²) in [6.45, 7) is 0. The molecule has 0 bridgehead atoms. The van der Waals surface area contributed by atoms with Gasteiger partial charge in [-0.15, -0.1) is 34.9 Å². The Kier molecular flexibility index (Phi) is 8.58. The monoisotopic (exact) mass is 560 g/mol. The molecule has 15 heteroatoms. The number of hydrogen-bond donors (Lipinski definition) is 3. The molecule has 12 nitrogen and oxygen atoms in total. The summed E-state index contributed by atoms with van der Waals surface area (Å²) in [4.78, 5) is 62.4. The summed E-state index contributed by atoms with van der Waals surface area (Å²) in [5.41, 5.74) is 1.03. The Hall–Kier alpha value is -3.69. The van der Waals surface area contributed by atoms with Gasteiger partial charge < -0.3 is 25.5 Å². The molecular weight excluding hydrogens is 540 g/mol. The molecule has 0 aromatic carbocycles. The maximum absolute atomic E-state index is 13.0. The third-order valence-electron chi connectivity index (χ3n) is 5.16. The lowest BCUT2D eigenvalue weighted by Crippen LogP contribution is -2.69. The van der Waals surface area contributed by atoms with Crippen molar-refractivity contribution < 1.29 is 29.1 Å². The highest BCUT2D eigenvalue weighted by atomic mass is 32.2. The van der Waals surface area contributed by atoms with Crippen molar-refractivity contribution in [3.63, 3.8) is 0 Å². The summed E-state index contributed by atoms with van der Waals surface area (Å²) in [5.74, 6) is -1.79. The Labute approximate surface area is 223 Å². The summed E-state index contributed by atoms with van der Waals surface area (Å²) in [6, 6.07) is 2.83. The van der Waals surface area contributed by atoms with E-state index in [1.807, 2.05) is 23.6 Å². The number of carbonyl (C=O) groups is 4. The second kappa shape index (κ2) is 12.0. The molecule has 0 spiro atoms. The zero-order valence-corrected chi connectivity index (χ0v) is 21.6. The molecule has 1 saturated heterocycles. The van der Waals surface area contributed by atoms with Gasteiger partial charge in [-0.25, -0.2) is 9.78 Å². The number of amides is 3. The van der Waals surface area contributed by atoms with E-state index in [0.717, 1.165) is 16.9 Å². The first-order valence-electron chi connectivity index (χ1n) is 10.6. The van der Waals surface area contributed by atoms with Gasteiger partial charge in [-0.3, -0.25) is 19.4 Å². The van der Waals surface area contributed by atoms with Gasteiger partial charge in [0.1, 0.15) is 24.2 Å². The molecule has 2 aromatic rings. The van der Waals surface area contributed by atoms with Crippen LogP contribution in [0.1, 0.15) is 11.3 Å². The second-order valence-corrected chi connectivity index (χ2v) is 10.6. The van der Waals surface area contributed by atoms with E-state index >= 15 is 0 Å². The van der Waals surface area contributed by atoms with Crippen LogP contribution < -0.4 is 10.6 Å². The van der Waals surface area contributed by atoms with Gasteiger partial charge >= 0.3 is 5.97 Å². The predicted octanol–water partition coefficient (Wildman–Crippen LogP) is 1.60. The molecule has 1 fully saturated rings. The number of nitrogens with one attached hydrogen (secondary N) is 2. The smallest absolute Gasteiger partial charge is 0.334 e. The normalized spacial score (nSPS) is 21.1. The molecular formula is C22H20N6O6S3. The summed E-state index contributed by atoms with van der Waals surface area (Å²) >= 11 is 3.82. The number of pyridine rings is 1. The van der Waals surface area contributed by atoms with E-state index in [1.165, 1.54) is 47.1 Å². The van der Waals surface area contributed by atoms with Crippen LogP contribution in [0, 0.1) is 0 Å². The number of oxime groups is 1. The maximum Gasteiger partial charge on any atom is 0.334 e. The molecule has 192 valence electrons. The van der Waals surface area contributed by atoms with Crippen molar-refractivity contribution in [3.8, 4) is 0 Å². The first-order valence-corrected chi connectivity index (χ1v) is 13.5. The van der Waals surface area contributed by atoms with Crippen LogP contribution in [0.2, 0.25) is 0 Å².